The lowest BCUT2D eigenvalue weighted by atomic mass is 10.2. The lowest BCUT2D eigenvalue weighted by Crippen LogP contribution is -2.19. The third-order valence-electron chi connectivity index (χ3n) is 3.36. The van der Waals surface area contributed by atoms with E-state index in [1.165, 1.54) is 22.9 Å². The first-order valence-electron chi connectivity index (χ1n) is 7.14. The van der Waals surface area contributed by atoms with Gasteiger partial charge in [0.2, 0.25) is 0 Å². The van der Waals surface area contributed by atoms with Crippen molar-refractivity contribution in [2.45, 2.75) is 26.3 Å². The van der Waals surface area contributed by atoms with Crippen LogP contribution in [0.3, 0.4) is 0 Å². The van der Waals surface area contributed by atoms with E-state index in [2.05, 4.69) is 54.3 Å². The Labute approximate surface area is 115 Å². The van der Waals surface area contributed by atoms with Crippen molar-refractivity contribution in [3.63, 3.8) is 0 Å². The van der Waals surface area contributed by atoms with Crippen LogP contribution in [0.1, 0.15) is 25.3 Å². The van der Waals surface area contributed by atoms with Gasteiger partial charge in [-0.3, -0.25) is 0 Å². The van der Waals surface area contributed by atoms with E-state index in [1.54, 1.807) is 0 Å². The summed E-state index contributed by atoms with van der Waals surface area (Å²) in [5.74, 6) is 0. The fraction of sp³-hybridized carbons (Fsp3) is 0.500. The number of nitrogens with one attached hydrogen (secondary N) is 1. The smallest absolute Gasteiger partial charge is 0.0591 e. The van der Waals surface area contributed by atoms with Gasteiger partial charge in [0.25, 0.3) is 0 Å². The molecular weight excluding hydrogens is 236 g/mol. The maximum atomic E-state index is 5.54. The molecule has 0 saturated heterocycles. The zero-order valence-corrected chi connectivity index (χ0v) is 12.0. The van der Waals surface area contributed by atoms with Gasteiger partial charge in [0.15, 0.2) is 0 Å². The van der Waals surface area contributed by atoms with Crippen molar-refractivity contribution in [1.29, 1.82) is 0 Å². The molecule has 0 bridgehead atoms. The second kappa shape index (κ2) is 7.31. The predicted octanol–water partition coefficient (Wildman–Crippen LogP) is 3.08. The first-order valence-corrected chi connectivity index (χ1v) is 7.14. The van der Waals surface area contributed by atoms with Crippen molar-refractivity contribution >= 4 is 10.9 Å². The Morgan fingerprint density at radius 1 is 1.21 bits per heavy atom. The SMILES string of the molecule is CCCCOCCNCc1cn(C)c2ccccc12. The van der Waals surface area contributed by atoms with Crippen LogP contribution in [0.25, 0.3) is 10.9 Å². The van der Waals surface area contributed by atoms with Gasteiger partial charge in [-0.2, -0.15) is 0 Å². The van der Waals surface area contributed by atoms with Crippen molar-refractivity contribution < 1.29 is 4.74 Å². The number of aryl methyl sites for hydroxylation is 1. The topological polar surface area (TPSA) is 26.2 Å². The molecule has 0 aliphatic rings. The van der Waals surface area contributed by atoms with Crippen LogP contribution in [0.5, 0.6) is 0 Å². The normalized spacial score (nSPS) is 11.3. The predicted molar refractivity (Wildman–Crippen MR) is 80.4 cm³/mol. The van der Waals surface area contributed by atoms with E-state index >= 15 is 0 Å². The third-order valence-corrected chi connectivity index (χ3v) is 3.36. The Morgan fingerprint density at radius 2 is 2.05 bits per heavy atom. The van der Waals surface area contributed by atoms with E-state index in [-0.39, 0.29) is 0 Å². The molecule has 0 saturated carbocycles. The maximum absolute atomic E-state index is 5.54. The van der Waals surface area contributed by atoms with E-state index in [9.17, 15) is 0 Å². The van der Waals surface area contributed by atoms with Crippen LogP contribution in [0, 0.1) is 0 Å². The van der Waals surface area contributed by atoms with E-state index < -0.39 is 0 Å². The monoisotopic (exact) mass is 260 g/mol. The zero-order valence-electron chi connectivity index (χ0n) is 12.0. The minimum absolute atomic E-state index is 0.796. The molecule has 1 aromatic heterocycles. The molecule has 1 heterocycles. The second-order valence-corrected chi connectivity index (χ2v) is 4.93. The molecule has 0 unspecified atom stereocenters. The van der Waals surface area contributed by atoms with Crippen molar-refractivity contribution in [1.82, 2.24) is 9.88 Å². The highest BCUT2D eigenvalue weighted by Crippen LogP contribution is 2.19. The lowest BCUT2D eigenvalue weighted by Gasteiger charge is -2.05. The first kappa shape index (κ1) is 14.1. The summed E-state index contributed by atoms with van der Waals surface area (Å²) in [7, 11) is 2.10. The van der Waals surface area contributed by atoms with Gasteiger partial charge >= 0.3 is 0 Å². The number of aromatic nitrogens is 1. The van der Waals surface area contributed by atoms with Crippen LogP contribution in [0.2, 0.25) is 0 Å². The number of rotatable bonds is 8. The minimum Gasteiger partial charge on any atom is -0.380 e. The number of benzene rings is 1. The molecule has 0 atom stereocenters. The summed E-state index contributed by atoms with van der Waals surface area (Å²) >= 11 is 0. The molecular formula is C16H24N2O. The number of para-hydroxylation sites is 1. The summed E-state index contributed by atoms with van der Waals surface area (Å²) in [6.45, 7) is 5.67. The summed E-state index contributed by atoms with van der Waals surface area (Å²) in [6.07, 6.45) is 4.56. The molecule has 1 aromatic carbocycles. The quantitative estimate of drug-likeness (QED) is 0.738. The van der Waals surface area contributed by atoms with Crippen LogP contribution >= 0.6 is 0 Å². The van der Waals surface area contributed by atoms with Crippen LogP contribution in [0.4, 0.5) is 0 Å². The number of nitrogens with zero attached hydrogens (tertiary/aromatic N) is 1. The summed E-state index contributed by atoms with van der Waals surface area (Å²) in [5.41, 5.74) is 2.64. The maximum Gasteiger partial charge on any atom is 0.0591 e. The summed E-state index contributed by atoms with van der Waals surface area (Å²) in [4.78, 5) is 0. The van der Waals surface area contributed by atoms with Gasteiger partial charge in [-0.15, -0.1) is 0 Å². The van der Waals surface area contributed by atoms with Crippen LogP contribution in [-0.2, 0) is 18.3 Å². The Bertz CT molecular complexity index is 504. The van der Waals surface area contributed by atoms with Gasteiger partial charge in [0.05, 0.1) is 6.61 Å². The minimum atomic E-state index is 0.796. The standard InChI is InChI=1S/C16H24N2O/c1-3-4-10-19-11-9-17-12-14-13-18(2)16-8-6-5-7-15(14)16/h5-8,13,17H,3-4,9-12H2,1-2H3. The van der Waals surface area contributed by atoms with Gasteiger partial charge in [0.1, 0.15) is 0 Å². The number of unbranched alkanes of at least 4 members (excludes halogenated alkanes) is 1. The summed E-state index contributed by atoms with van der Waals surface area (Å²) in [5, 5.41) is 4.78. The Morgan fingerprint density at radius 3 is 2.89 bits per heavy atom. The molecule has 1 N–H and O–H groups in total. The highest BCUT2D eigenvalue weighted by molar-refractivity contribution is 5.83. The molecule has 3 heteroatoms. The van der Waals surface area contributed by atoms with E-state index in [4.69, 9.17) is 4.74 Å². The highest BCUT2D eigenvalue weighted by atomic mass is 16.5. The summed E-state index contributed by atoms with van der Waals surface area (Å²) in [6, 6.07) is 8.53. The number of hydrogen-bond donors (Lipinski definition) is 1. The van der Waals surface area contributed by atoms with Gasteiger partial charge in [-0.1, -0.05) is 31.5 Å². The molecule has 0 radical (unpaired) electrons. The van der Waals surface area contributed by atoms with Crippen LogP contribution in [-0.4, -0.2) is 24.3 Å². The molecule has 104 valence electrons. The summed E-state index contributed by atoms with van der Waals surface area (Å²) < 4.78 is 7.72. The average Bonchev–Trinajstić information content (AvgIpc) is 2.75. The lowest BCUT2D eigenvalue weighted by molar-refractivity contribution is 0.133. The fourth-order valence-electron chi connectivity index (χ4n) is 2.28. The molecule has 3 nitrogen and oxygen atoms in total. The molecule has 0 aliphatic heterocycles. The Balaban J connectivity index is 1.79. The molecule has 0 fully saturated rings. The highest BCUT2D eigenvalue weighted by Gasteiger charge is 2.04. The molecule has 19 heavy (non-hydrogen) atoms. The number of hydrogen-bond acceptors (Lipinski definition) is 2. The van der Waals surface area contributed by atoms with Crippen molar-refractivity contribution in [3.8, 4) is 0 Å². The van der Waals surface area contributed by atoms with Gasteiger partial charge < -0.3 is 14.6 Å². The molecule has 0 spiro atoms. The van der Waals surface area contributed by atoms with Gasteiger partial charge in [-0.25, -0.2) is 0 Å². The molecule has 0 amide bonds. The number of fused-ring (bicyclic) bond motifs is 1. The average molecular weight is 260 g/mol. The Hall–Kier alpha value is -1.32. The van der Waals surface area contributed by atoms with E-state index in [1.807, 2.05) is 0 Å². The number of ether oxygens (including phenoxy) is 1. The third kappa shape index (κ3) is 3.82. The zero-order chi connectivity index (χ0) is 13.5. The largest absolute Gasteiger partial charge is 0.380 e. The van der Waals surface area contributed by atoms with Crippen molar-refractivity contribution in [2.24, 2.45) is 7.05 Å². The second-order valence-electron chi connectivity index (χ2n) is 4.93. The van der Waals surface area contributed by atoms with E-state index in [0.29, 0.717) is 0 Å². The first-order chi connectivity index (χ1) is 9.33. The van der Waals surface area contributed by atoms with Crippen LogP contribution in [0.15, 0.2) is 30.5 Å². The fourth-order valence-corrected chi connectivity index (χ4v) is 2.28. The van der Waals surface area contributed by atoms with Gasteiger partial charge in [-0.05, 0) is 18.1 Å². The molecule has 0 aliphatic carbocycles. The van der Waals surface area contributed by atoms with E-state index in [0.717, 1.165) is 32.7 Å². The van der Waals surface area contributed by atoms with Crippen molar-refractivity contribution in [3.05, 3.63) is 36.0 Å². The molecule has 2 aromatic rings. The Kier molecular flexibility index (Phi) is 5.43. The van der Waals surface area contributed by atoms with Gasteiger partial charge in [0, 0.05) is 43.8 Å². The molecule has 2 rings (SSSR count). The van der Waals surface area contributed by atoms with Crippen LogP contribution < -0.4 is 5.32 Å². The van der Waals surface area contributed by atoms with Crippen molar-refractivity contribution in [2.75, 3.05) is 19.8 Å².